The molecule has 0 fully saturated rings. The van der Waals surface area contributed by atoms with Gasteiger partial charge < -0.3 is 0 Å². The molecule has 5 nitrogen and oxygen atoms in total. The molecule has 3 aromatic carbocycles. The molecule has 3 aromatic rings. The molecule has 25 heavy (non-hydrogen) atoms. The fraction of sp³-hybridized carbons (Fsp3) is 0.0526. The van der Waals surface area contributed by atoms with Crippen LogP contribution in [-0.2, 0) is 10.0 Å². The zero-order valence-electron chi connectivity index (χ0n) is 13.5. The van der Waals surface area contributed by atoms with Crippen molar-refractivity contribution >= 4 is 32.8 Å². The fourth-order valence-corrected chi connectivity index (χ4v) is 4.12. The van der Waals surface area contributed by atoms with Gasteiger partial charge in [-0.15, -0.1) is 4.40 Å². The topological polar surface area (TPSA) is 62.1 Å². The SMILES string of the molecule is CN(/N=C\c1cccc2ccccc12)C1=NS(=O)(=O)c2ccccc21. The highest BCUT2D eigenvalue weighted by Gasteiger charge is 2.30. The predicted molar refractivity (Wildman–Crippen MR) is 99.5 cm³/mol. The molecule has 1 heterocycles. The van der Waals surface area contributed by atoms with Crippen molar-refractivity contribution in [3.8, 4) is 0 Å². The van der Waals surface area contributed by atoms with E-state index in [2.05, 4.69) is 9.50 Å². The zero-order chi connectivity index (χ0) is 17.4. The molecule has 124 valence electrons. The first-order valence-electron chi connectivity index (χ1n) is 7.76. The minimum absolute atomic E-state index is 0.220. The van der Waals surface area contributed by atoms with Crippen molar-refractivity contribution in [2.75, 3.05) is 7.05 Å². The molecule has 0 spiro atoms. The second-order valence-electron chi connectivity index (χ2n) is 5.72. The van der Waals surface area contributed by atoms with Gasteiger partial charge in [-0.25, -0.2) is 5.01 Å². The van der Waals surface area contributed by atoms with Crippen molar-refractivity contribution in [1.82, 2.24) is 5.01 Å². The Bertz CT molecular complexity index is 1130. The largest absolute Gasteiger partial charge is 0.285 e. The van der Waals surface area contributed by atoms with Crippen LogP contribution in [-0.4, -0.2) is 32.5 Å². The molecule has 0 N–H and O–H groups in total. The van der Waals surface area contributed by atoms with Crippen LogP contribution >= 0.6 is 0 Å². The average molecular weight is 349 g/mol. The van der Waals surface area contributed by atoms with Gasteiger partial charge in [0.15, 0.2) is 5.84 Å². The lowest BCUT2D eigenvalue weighted by Crippen LogP contribution is -2.21. The van der Waals surface area contributed by atoms with Crippen LogP contribution in [0.25, 0.3) is 10.8 Å². The quantitative estimate of drug-likeness (QED) is 0.527. The first kappa shape index (κ1) is 15.5. The van der Waals surface area contributed by atoms with Gasteiger partial charge in [0.25, 0.3) is 10.0 Å². The Morgan fingerprint density at radius 2 is 1.68 bits per heavy atom. The third-order valence-corrected chi connectivity index (χ3v) is 5.44. The molecule has 1 aliphatic rings. The van der Waals surface area contributed by atoms with Crippen LogP contribution in [0.3, 0.4) is 0 Å². The number of benzene rings is 3. The highest BCUT2D eigenvalue weighted by molar-refractivity contribution is 7.90. The number of sulfonamides is 1. The maximum atomic E-state index is 12.2. The van der Waals surface area contributed by atoms with Crippen LogP contribution in [0.15, 0.2) is 81.1 Å². The summed E-state index contributed by atoms with van der Waals surface area (Å²) in [5, 5.41) is 8.11. The van der Waals surface area contributed by atoms with E-state index in [0.717, 1.165) is 16.3 Å². The summed E-state index contributed by atoms with van der Waals surface area (Å²) < 4.78 is 28.2. The Hall–Kier alpha value is -2.99. The molecule has 4 rings (SSSR count). The third kappa shape index (κ3) is 2.70. The smallest absolute Gasteiger partial charge is 0.250 e. The number of hydrazone groups is 1. The van der Waals surface area contributed by atoms with Crippen LogP contribution in [0.5, 0.6) is 0 Å². The van der Waals surface area contributed by atoms with Gasteiger partial charge >= 0.3 is 0 Å². The highest BCUT2D eigenvalue weighted by Crippen LogP contribution is 2.27. The maximum absolute atomic E-state index is 12.2. The van der Waals surface area contributed by atoms with Gasteiger partial charge in [0.1, 0.15) is 4.90 Å². The summed E-state index contributed by atoms with van der Waals surface area (Å²) in [5.74, 6) is 0.326. The number of fused-ring (bicyclic) bond motifs is 2. The van der Waals surface area contributed by atoms with Gasteiger partial charge in [0, 0.05) is 18.2 Å². The van der Waals surface area contributed by atoms with Crippen molar-refractivity contribution in [2.24, 2.45) is 9.50 Å². The summed E-state index contributed by atoms with van der Waals surface area (Å²) >= 11 is 0. The number of hydrogen-bond donors (Lipinski definition) is 0. The molecule has 0 amide bonds. The van der Waals surface area contributed by atoms with E-state index in [1.807, 2.05) is 42.5 Å². The van der Waals surface area contributed by atoms with E-state index in [0.29, 0.717) is 11.4 Å². The van der Waals surface area contributed by atoms with Crippen molar-refractivity contribution in [1.29, 1.82) is 0 Å². The number of amidine groups is 1. The monoisotopic (exact) mass is 349 g/mol. The molecule has 0 unspecified atom stereocenters. The summed E-state index contributed by atoms with van der Waals surface area (Å²) in [5.41, 5.74) is 1.53. The van der Waals surface area contributed by atoms with E-state index >= 15 is 0 Å². The van der Waals surface area contributed by atoms with Gasteiger partial charge in [0.05, 0.1) is 6.21 Å². The summed E-state index contributed by atoms with van der Waals surface area (Å²) in [4.78, 5) is 0.220. The van der Waals surface area contributed by atoms with Gasteiger partial charge in [-0.2, -0.15) is 13.5 Å². The number of nitrogens with zero attached hydrogens (tertiary/aromatic N) is 3. The van der Waals surface area contributed by atoms with Crippen molar-refractivity contribution in [3.05, 3.63) is 77.9 Å². The first-order chi connectivity index (χ1) is 12.1. The Labute approximate surface area is 146 Å². The standard InChI is InChI=1S/C19H15N3O2S/c1-22(19-17-11-4-5-12-18(17)25(23,24)21-19)20-13-15-9-6-8-14-7-2-3-10-16(14)15/h2-13H,1H3/b20-13-. The molecule has 0 radical (unpaired) electrons. The van der Waals surface area contributed by atoms with Crippen molar-refractivity contribution in [2.45, 2.75) is 4.90 Å². The minimum Gasteiger partial charge on any atom is -0.250 e. The van der Waals surface area contributed by atoms with Gasteiger partial charge in [-0.3, -0.25) is 0 Å². The Morgan fingerprint density at radius 1 is 0.960 bits per heavy atom. The number of hydrogen-bond acceptors (Lipinski definition) is 4. The Morgan fingerprint density at radius 3 is 2.56 bits per heavy atom. The van der Waals surface area contributed by atoms with Crippen LogP contribution < -0.4 is 0 Å². The fourth-order valence-electron chi connectivity index (χ4n) is 2.89. The second kappa shape index (κ2) is 5.82. The van der Waals surface area contributed by atoms with Crippen molar-refractivity contribution in [3.63, 3.8) is 0 Å². The van der Waals surface area contributed by atoms with Gasteiger partial charge in [0.2, 0.25) is 0 Å². The lowest BCUT2D eigenvalue weighted by Gasteiger charge is -2.12. The Balaban J connectivity index is 1.71. The average Bonchev–Trinajstić information content (AvgIpc) is 2.91. The van der Waals surface area contributed by atoms with E-state index in [9.17, 15) is 8.42 Å². The third-order valence-electron chi connectivity index (χ3n) is 4.11. The molecular formula is C19H15N3O2S. The molecule has 1 aliphatic heterocycles. The highest BCUT2D eigenvalue weighted by atomic mass is 32.2. The predicted octanol–water partition coefficient (Wildman–Crippen LogP) is 3.25. The van der Waals surface area contributed by atoms with Crippen LogP contribution in [0.1, 0.15) is 11.1 Å². The van der Waals surface area contributed by atoms with E-state index in [1.54, 1.807) is 37.5 Å². The van der Waals surface area contributed by atoms with E-state index in [1.165, 1.54) is 5.01 Å². The molecule has 0 bridgehead atoms. The van der Waals surface area contributed by atoms with E-state index < -0.39 is 10.0 Å². The molecule has 0 aromatic heterocycles. The number of rotatable bonds is 2. The molecule has 0 saturated carbocycles. The molecule has 0 atom stereocenters. The van der Waals surface area contributed by atoms with Gasteiger partial charge in [-0.05, 0) is 22.9 Å². The molecule has 0 aliphatic carbocycles. The van der Waals surface area contributed by atoms with E-state index in [4.69, 9.17) is 0 Å². The summed E-state index contributed by atoms with van der Waals surface area (Å²) in [6, 6.07) is 20.8. The molecule has 0 saturated heterocycles. The van der Waals surface area contributed by atoms with Gasteiger partial charge in [-0.1, -0.05) is 54.6 Å². The summed E-state index contributed by atoms with van der Waals surface area (Å²) in [6.45, 7) is 0. The maximum Gasteiger partial charge on any atom is 0.285 e. The second-order valence-corrected chi connectivity index (χ2v) is 7.30. The normalized spacial score (nSPS) is 15.3. The van der Waals surface area contributed by atoms with Crippen molar-refractivity contribution < 1.29 is 8.42 Å². The lowest BCUT2D eigenvalue weighted by atomic mass is 10.1. The van der Waals surface area contributed by atoms with Crippen LogP contribution in [0.2, 0.25) is 0 Å². The lowest BCUT2D eigenvalue weighted by molar-refractivity contribution is 0.549. The summed E-state index contributed by atoms with van der Waals surface area (Å²) in [7, 11) is -1.95. The van der Waals surface area contributed by atoms with E-state index in [-0.39, 0.29) is 4.90 Å². The zero-order valence-corrected chi connectivity index (χ0v) is 14.3. The summed E-state index contributed by atoms with van der Waals surface area (Å²) in [6.07, 6.45) is 1.72. The first-order valence-corrected chi connectivity index (χ1v) is 9.20. The van der Waals surface area contributed by atoms with Crippen LogP contribution in [0.4, 0.5) is 0 Å². The van der Waals surface area contributed by atoms with Crippen LogP contribution in [0, 0.1) is 0 Å². The molecular weight excluding hydrogens is 334 g/mol. The minimum atomic E-state index is -3.65. The Kier molecular flexibility index (Phi) is 3.62. The molecule has 6 heteroatoms.